The lowest BCUT2D eigenvalue weighted by atomic mass is 10.0. The first kappa shape index (κ1) is 15.1. The molecule has 3 heteroatoms. The fourth-order valence-corrected chi connectivity index (χ4v) is 2.19. The van der Waals surface area contributed by atoms with E-state index in [4.69, 9.17) is 0 Å². The van der Waals surface area contributed by atoms with Crippen LogP contribution in [0.2, 0.25) is 0 Å². The molecule has 1 unspecified atom stereocenters. The molecule has 0 spiro atoms. The molecule has 0 radical (unpaired) electrons. The van der Waals surface area contributed by atoms with Crippen molar-refractivity contribution in [3.63, 3.8) is 0 Å². The van der Waals surface area contributed by atoms with Crippen molar-refractivity contribution in [2.75, 3.05) is 26.0 Å². The Morgan fingerprint density at radius 2 is 1.81 bits per heavy atom. The van der Waals surface area contributed by atoms with Crippen LogP contribution in [0.5, 0.6) is 0 Å². The van der Waals surface area contributed by atoms with Crippen LogP contribution in [0, 0.1) is 0 Å². The number of amides is 1. The van der Waals surface area contributed by atoms with Gasteiger partial charge >= 0.3 is 0 Å². The molecule has 0 aromatic heterocycles. The highest BCUT2D eigenvalue weighted by atomic mass is 16.2. The highest BCUT2D eigenvalue weighted by Gasteiger charge is 2.09. The lowest BCUT2D eigenvalue weighted by Gasteiger charge is -2.15. The molecule has 3 nitrogen and oxygen atoms in total. The molecule has 0 saturated heterocycles. The van der Waals surface area contributed by atoms with Gasteiger partial charge in [-0.25, -0.2) is 0 Å². The van der Waals surface area contributed by atoms with Crippen molar-refractivity contribution in [1.29, 1.82) is 0 Å². The third kappa shape index (κ3) is 4.09. The highest BCUT2D eigenvalue weighted by molar-refractivity contribution is 5.94. The summed E-state index contributed by atoms with van der Waals surface area (Å²) in [5.74, 6) is 0.439. The number of carbonyl (C=O) groups excluding carboxylic acids is 1. The molecule has 0 saturated carbocycles. The molecule has 2 aromatic rings. The Hall–Kier alpha value is -2.29. The third-order valence-electron chi connectivity index (χ3n) is 3.50. The highest BCUT2D eigenvalue weighted by Crippen LogP contribution is 2.17. The smallest absolute Gasteiger partial charge is 0.253 e. The molecular weight excluding hydrogens is 260 g/mol. The zero-order valence-electron chi connectivity index (χ0n) is 12.8. The van der Waals surface area contributed by atoms with Gasteiger partial charge in [0.2, 0.25) is 0 Å². The maximum atomic E-state index is 12.0. The summed E-state index contributed by atoms with van der Waals surface area (Å²) in [4.78, 5) is 13.5. The first-order valence-corrected chi connectivity index (χ1v) is 7.18. The summed E-state index contributed by atoms with van der Waals surface area (Å²) in [6.07, 6.45) is 0. The normalized spacial score (nSPS) is 11.8. The number of nitrogens with one attached hydrogen (secondary N) is 1. The van der Waals surface area contributed by atoms with Crippen molar-refractivity contribution in [1.82, 2.24) is 4.90 Å². The Morgan fingerprint density at radius 3 is 2.48 bits per heavy atom. The van der Waals surface area contributed by atoms with Gasteiger partial charge in [0.05, 0.1) is 0 Å². The number of hydrogen-bond donors (Lipinski definition) is 1. The van der Waals surface area contributed by atoms with E-state index in [1.54, 1.807) is 19.0 Å². The van der Waals surface area contributed by atoms with E-state index >= 15 is 0 Å². The van der Waals surface area contributed by atoms with Crippen LogP contribution in [0.3, 0.4) is 0 Å². The molecule has 1 amide bonds. The van der Waals surface area contributed by atoms with Crippen molar-refractivity contribution in [3.05, 3.63) is 65.7 Å². The van der Waals surface area contributed by atoms with Crippen LogP contribution >= 0.6 is 0 Å². The van der Waals surface area contributed by atoms with E-state index in [-0.39, 0.29) is 5.91 Å². The van der Waals surface area contributed by atoms with Crippen molar-refractivity contribution in [2.24, 2.45) is 0 Å². The number of benzene rings is 2. The molecule has 110 valence electrons. The Kier molecular flexibility index (Phi) is 4.99. The molecule has 0 aliphatic rings. The van der Waals surface area contributed by atoms with E-state index in [1.165, 1.54) is 5.56 Å². The largest absolute Gasteiger partial charge is 0.384 e. The topological polar surface area (TPSA) is 32.3 Å². The Balaban J connectivity index is 2.01. The van der Waals surface area contributed by atoms with Crippen LogP contribution in [0.4, 0.5) is 5.69 Å². The maximum Gasteiger partial charge on any atom is 0.253 e. The Morgan fingerprint density at radius 1 is 1.10 bits per heavy atom. The number of rotatable bonds is 5. The van der Waals surface area contributed by atoms with Crippen molar-refractivity contribution in [3.8, 4) is 0 Å². The van der Waals surface area contributed by atoms with Crippen molar-refractivity contribution in [2.45, 2.75) is 12.8 Å². The standard InChI is InChI=1S/C18H22N2O/c1-14(15-8-5-4-6-9-15)13-19-17-11-7-10-16(12-17)18(21)20(2)3/h4-12,14,19H,13H2,1-3H3. The number of nitrogens with zero attached hydrogens (tertiary/aromatic N) is 1. The minimum Gasteiger partial charge on any atom is -0.384 e. The van der Waals surface area contributed by atoms with Gasteiger partial charge < -0.3 is 10.2 Å². The van der Waals surface area contributed by atoms with Gasteiger partial charge in [-0.2, -0.15) is 0 Å². The zero-order valence-corrected chi connectivity index (χ0v) is 12.8. The van der Waals surface area contributed by atoms with Gasteiger partial charge in [0.25, 0.3) is 5.91 Å². The van der Waals surface area contributed by atoms with Crippen LogP contribution in [-0.2, 0) is 0 Å². The second-order valence-corrected chi connectivity index (χ2v) is 5.47. The molecule has 1 atom stereocenters. The van der Waals surface area contributed by atoms with Crippen LogP contribution in [0.15, 0.2) is 54.6 Å². The van der Waals surface area contributed by atoms with E-state index in [0.717, 1.165) is 12.2 Å². The summed E-state index contributed by atoms with van der Waals surface area (Å²) in [6.45, 7) is 3.03. The Labute approximate surface area is 126 Å². The van der Waals surface area contributed by atoms with Crippen LogP contribution in [-0.4, -0.2) is 31.4 Å². The fraction of sp³-hybridized carbons (Fsp3) is 0.278. The molecule has 0 fully saturated rings. The van der Waals surface area contributed by atoms with E-state index in [2.05, 4.69) is 36.5 Å². The number of hydrogen-bond acceptors (Lipinski definition) is 2. The van der Waals surface area contributed by atoms with Gasteiger partial charge in [-0.3, -0.25) is 4.79 Å². The first-order chi connectivity index (χ1) is 10.1. The number of carbonyl (C=O) groups is 1. The monoisotopic (exact) mass is 282 g/mol. The molecule has 1 N–H and O–H groups in total. The Bertz CT molecular complexity index is 593. The SMILES string of the molecule is CC(CNc1cccc(C(=O)N(C)C)c1)c1ccccc1. The summed E-state index contributed by atoms with van der Waals surface area (Å²) in [5.41, 5.74) is 2.99. The minimum absolute atomic E-state index is 0.0229. The maximum absolute atomic E-state index is 12.0. The lowest BCUT2D eigenvalue weighted by Crippen LogP contribution is -2.21. The summed E-state index contributed by atoms with van der Waals surface area (Å²) in [5, 5.41) is 3.41. The number of anilines is 1. The molecule has 21 heavy (non-hydrogen) atoms. The van der Waals surface area contributed by atoms with Crippen LogP contribution in [0.1, 0.15) is 28.8 Å². The molecule has 0 heterocycles. The predicted molar refractivity (Wildman–Crippen MR) is 87.8 cm³/mol. The van der Waals surface area contributed by atoms with E-state index in [1.807, 2.05) is 30.3 Å². The average Bonchev–Trinajstić information content (AvgIpc) is 2.53. The molecule has 2 aromatic carbocycles. The molecule has 0 aliphatic carbocycles. The summed E-state index contributed by atoms with van der Waals surface area (Å²) in [6, 6.07) is 18.1. The summed E-state index contributed by atoms with van der Waals surface area (Å²) in [7, 11) is 3.53. The van der Waals surface area contributed by atoms with Gasteiger partial charge in [-0.05, 0) is 29.7 Å². The fourth-order valence-electron chi connectivity index (χ4n) is 2.19. The van der Waals surface area contributed by atoms with Crippen molar-refractivity contribution >= 4 is 11.6 Å². The van der Waals surface area contributed by atoms with Crippen LogP contribution in [0.25, 0.3) is 0 Å². The van der Waals surface area contributed by atoms with E-state index < -0.39 is 0 Å². The van der Waals surface area contributed by atoms with Gasteiger partial charge in [0.1, 0.15) is 0 Å². The quantitative estimate of drug-likeness (QED) is 0.908. The van der Waals surface area contributed by atoms with Gasteiger partial charge in [0, 0.05) is 31.9 Å². The predicted octanol–water partition coefficient (Wildman–Crippen LogP) is 3.60. The third-order valence-corrected chi connectivity index (χ3v) is 3.50. The van der Waals surface area contributed by atoms with E-state index in [9.17, 15) is 4.79 Å². The average molecular weight is 282 g/mol. The second kappa shape index (κ2) is 6.93. The molecule has 0 aliphatic heterocycles. The molecule has 0 bridgehead atoms. The van der Waals surface area contributed by atoms with Gasteiger partial charge in [0.15, 0.2) is 0 Å². The van der Waals surface area contributed by atoms with Crippen molar-refractivity contribution < 1.29 is 4.79 Å². The second-order valence-electron chi connectivity index (χ2n) is 5.47. The first-order valence-electron chi connectivity index (χ1n) is 7.18. The zero-order chi connectivity index (χ0) is 15.2. The summed E-state index contributed by atoms with van der Waals surface area (Å²) >= 11 is 0. The summed E-state index contributed by atoms with van der Waals surface area (Å²) < 4.78 is 0. The van der Waals surface area contributed by atoms with Gasteiger partial charge in [-0.15, -0.1) is 0 Å². The van der Waals surface area contributed by atoms with E-state index in [0.29, 0.717) is 11.5 Å². The molecular formula is C18H22N2O. The minimum atomic E-state index is 0.0229. The van der Waals surface area contributed by atoms with Crippen LogP contribution < -0.4 is 5.32 Å². The lowest BCUT2D eigenvalue weighted by molar-refractivity contribution is 0.0827. The van der Waals surface area contributed by atoms with Gasteiger partial charge in [-0.1, -0.05) is 43.3 Å². The molecule has 2 rings (SSSR count).